The van der Waals surface area contributed by atoms with Crippen LogP contribution >= 0.6 is 11.8 Å². The third-order valence-corrected chi connectivity index (χ3v) is 5.47. The first-order valence-corrected chi connectivity index (χ1v) is 9.29. The largest absolute Gasteiger partial charge is 0.496 e. The Hall–Kier alpha value is -2.72. The highest BCUT2D eigenvalue weighted by atomic mass is 32.2. The van der Waals surface area contributed by atoms with E-state index < -0.39 is 0 Å². The standard InChI is InChI=1S/C22H21NO2S/c1-25-20-13-7-5-11-17(20)22(26-21-14-8-6-12-18(21)23)15-19(24)16-9-3-2-4-10-16/h2-14,22H,15,23H2,1H3. The molecule has 3 rings (SSSR count). The number of carbonyl (C=O) groups excluding carboxylic acids is 1. The molecule has 3 aromatic rings. The predicted octanol–water partition coefficient (Wildman–Crippen LogP) is 5.38. The number of Topliss-reactive ketones (excluding diaryl/α,β-unsaturated/α-hetero) is 1. The lowest BCUT2D eigenvalue weighted by molar-refractivity contribution is 0.0982. The molecule has 132 valence electrons. The normalized spacial score (nSPS) is 11.7. The molecule has 0 saturated carbocycles. The fraction of sp³-hybridized carbons (Fsp3) is 0.136. The summed E-state index contributed by atoms with van der Waals surface area (Å²) in [6, 6.07) is 24.9. The topological polar surface area (TPSA) is 52.3 Å². The molecule has 1 atom stereocenters. The van der Waals surface area contributed by atoms with E-state index in [1.54, 1.807) is 18.9 Å². The summed E-state index contributed by atoms with van der Waals surface area (Å²) >= 11 is 1.60. The van der Waals surface area contributed by atoms with Gasteiger partial charge in [-0.15, -0.1) is 11.8 Å². The Bertz CT molecular complexity index is 880. The number of anilines is 1. The van der Waals surface area contributed by atoms with Gasteiger partial charge in [0.1, 0.15) is 5.75 Å². The smallest absolute Gasteiger partial charge is 0.164 e. The fourth-order valence-corrected chi connectivity index (χ4v) is 4.02. The Labute approximate surface area is 158 Å². The van der Waals surface area contributed by atoms with Crippen LogP contribution < -0.4 is 10.5 Å². The van der Waals surface area contributed by atoms with Gasteiger partial charge in [-0.1, -0.05) is 60.7 Å². The highest BCUT2D eigenvalue weighted by Gasteiger charge is 2.22. The van der Waals surface area contributed by atoms with Crippen molar-refractivity contribution in [3.8, 4) is 5.75 Å². The van der Waals surface area contributed by atoms with Crippen LogP contribution in [0.25, 0.3) is 0 Å². The minimum Gasteiger partial charge on any atom is -0.496 e. The molecule has 0 amide bonds. The summed E-state index contributed by atoms with van der Waals surface area (Å²) in [6.45, 7) is 0. The second-order valence-electron chi connectivity index (χ2n) is 5.88. The molecule has 3 nitrogen and oxygen atoms in total. The maximum atomic E-state index is 12.8. The first-order valence-electron chi connectivity index (χ1n) is 8.41. The number of ketones is 1. The fourth-order valence-electron chi connectivity index (χ4n) is 2.80. The average Bonchev–Trinajstić information content (AvgIpc) is 2.69. The van der Waals surface area contributed by atoms with Gasteiger partial charge < -0.3 is 10.5 Å². The van der Waals surface area contributed by atoms with E-state index in [-0.39, 0.29) is 11.0 Å². The van der Waals surface area contributed by atoms with E-state index in [9.17, 15) is 4.79 Å². The number of ether oxygens (including phenoxy) is 1. The molecular formula is C22H21NO2S. The van der Waals surface area contributed by atoms with Crippen molar-refractivity contribution in [1.82, 2.24) is 0 Å². The molecule has 0 heterocycles. The van der Waals surface area contributed by atoms with Crippen molar-refractivity contribution in [2.24, 2.45) is 0 Å². The van der Waals surface area contributed by atoms with Gasteiger partial charge in [-0.3, -0.25) is 4.79 Å². The quantitative estimate of drug-likeness (QED) is 0.348. The highest BCUT2D eigenvalue weighted by molar-refractivity contribution is 7.99. The molecule has 4 heteroatoms. The van der Waals surface area contributed by atoms with E-state index in [0.29, 0.717) is 17.7 Å². The molecule has 0 saturated heterocycles. The first kappa shape index (κ1) is 18.1. The molecule has 0 aliphatic heterocycles. The molecule has 2 N–H and O–H groups in total. The van der Waals surface area contributed by atoms with Crippen molar-refractivity contribution in [3.63, 3.8) is 0 Å². The Kier molecular flexibility index (Phi) is 5.97. The molecule has 3 aromatic carbocycles. The minimum absolute atomic E-state index is 0.0939. The van der Waals surface area contributed by atoms with Gasteiger partial charge >= 0.3 is 0 Å². The second-order valence-corrected chi connectivity index (χ2v) is 7.12. The molecule has 0 aliphatic carbocycles. The van der Waals surface area contributed by atoms with Crippen LogP contribution in [0.4, 0.5) is 5.69 Å². The Morgan fingerprint density at radius 2 is 1.62 bits per heavy atom. The van der Waals surface area contributed by atoms with E-state index >= 15 is 0 Å². The lowest BCUT2D eigenvalue weighted by Crippen LogP contribution is -2.07. The maximum Gasteiger partial charge on any atom is 0.164 e. The van der Waals surface area contributed by atoms with Gasteiger partial charge in [0.15, 0.2) is 5.78 Å². The molecule has 0 fully saturated rings. The Morgan fingerprint density at radius 3 is 2.35 bits per heavy atom. The molecule has 0 radical (unpaired) electrons. The van der Waals surface area contributed by atoms with Crippen LogP contribution in [0.5, 0.6) is 5.75 Å². The van der Waals surface area contributed by atoms with E-state index in [4.69, 9.17) is 10.5 Å². The number of thioether (sulfide) groups is 1. The second kappa shape index (κ2) is 8.59. The van der Waals surface area contributed by atoms with Crippen LogP contribution in [0.1, 0.15) is 27.6 Å². The van der Waals surface area contributed by atoms with Crippen LogP contribution in [0.3, 0.4) is 0 Å². The van der Waals surface area contributed by atoms with Crippen molar-refractivity contribution in [3.05, 3.63) is 90.0 Å². The van der Waals surface area contributed by atoms with Crippen molar-refractivity contribution in [1.29, 1.82) is 0 Å². The Balaban J connectivity index is 1.93. The number of hydrogen-bond acceptors (Lipinski definition) is 4. The molecular weight excluding hydrogens is 342 g/mol. The molecule has 0 aliphatic rings. The third-order valence-electron chi connectivity index (χ3n) is 4.14. The zero-order valence-corrected chi connectivity index (χ0v) is 15.4. The lowest BCUT2D eigenvalue weighted by atomic mass is 10.0. The number of rotatable bonds is 7. The summed E-state index contributed by atoms with van der Waals surface area (Å²) in [6.07, 6.45) is 0.364. The number of nitrogen functional groups attached to an aromatic ring is 1. The van der Waals surface area contributed by atoms with Gasteiger partial charge in [0.25, 0.3) is 0 Å². The van der Waals surface area contributed by atoms with Crippen LogP contribution in [0.15, 0.2) is 83.8 Å². The summed E-state index contributed by atoms with van der Waals surface area (Å²) in [4.78, 5) is 13.8. The summed E-state index contributed by atoms with van der Waals surface area (Å²) in [7, 11) is 1.65. The van der Waals surface area contributed by atoms with E-state index in [1.807, 2.05) is 78.9 Å². The predicted molar refractivity (Wildman–Crippen MR) is 108 cm³/mol. The summed E-state index contributed by atoms with van der Waals surface area (Å²) in [5.41, 5.74) is 8.54. The average molecular weight is 363 g/mol. The lowest BCUT2D eigenvalue weighted by Gasteiger charge is -2.20. The number of hydrogen-bond donors (Lipinski definition) is 1. The van der Waals surface area contributed by atoms with Gasteiger partial charge in [0.05, 0.1) is 7.11 Å². The van der Waals surface area contributed by atoms with Crippen molar-refractivity contribution in [2.75, 3.05) is 12.8 Å². The zero-order valence-electron chi connectivity index (χ0n) is 14.6. The molecule has 0 aromatic heterocycles. The van der Waals surface area contributed by atoms with E-state index in [0.717, 1.165) is 16.2 Å². The van der Waals surface area contributed by atoms with Crippen molar-refractivity contribution < 1.29 is 9.53 Å². The number of benzene rings is 3. The van der Waals surface area contributed by atoms with Crippen LogP contribution in [-0.2, 0) is 0 Å². The van der Waals surface area contributed by atoms with Gasteiger partial charge in [0.2, 0.25) is 0 Å². The summed E-state index contributed by atoms with van der Waals surface area (Å²) in [5.74, 6) is 0.879. The number of para-hydroxylation sites is 2. The van der Waals surface area contributed by atoms with Crippen molar-refractivity contribution in [2.45, 2.75) is 16.6 Å². The Morgan fingerprint density at radius 1 is 0.962 bits per heavy atom. The van der Waals surface area contributed by atoms with Gasteiger partial charge in [-0.2, -0.15) is 0 Å². The molecule has 1 unspecified atom stereocenters. The zero-order chi connectivity index (χ0) is 18.4. The highest BCUT2D eigenvalue weighted by Crippen LogP contribution is 2.43. The molecule has 26 heavy (non-hydrogen) atoms. The maximum absolute atomic E-state index is 12.8. The monoisotopic (exact) mass is 363 g/mol. The molecule has 0 bridgehead atoms. The van der Waals surface area contributed by atoms with Gasteiger partial charge in [0, 0.05) is 33.4 Å². The number of carbonyl (C=O) groups is 1. The van der Waals surface area contributed by atoms with Crippen LogP contribution in [0, 0.1) is 0 Å². The minimum atomic E-state index is -0.0939. The van der Waals surface area contributed by atoms with Crippen LogP contribution in [-0.4, -0.2) is 12.9 Å². The summed E-state index contributed by atoms with van der Waals surface area (Å²) < 4.78 is 5.53. The summed E-state index contributed by atoms with van der Waals surface area (Å²) in [5, 5.41) is -0.0939. The SMILES string of the molecule is COc1ccccc1C(CC(=O)c1ccccc1)Sc1ccccc1N. The number of methoxy groups -OCH3 is 1. The van der Waals surface area contributed by atoms with Gasteiger partial charge in [-0.25, -0.2) is 0 Å². The van der Waals surface area contributed by atoms with E-state index in [2.05, 4.69) is 0 Å². The van der Waals surface area contributed by atoms with E-state index in [1.165, 1.54) is 0 Å². The first-order chi connectivity index (χ1) is 12.7. The number of nitrogens with two attached hydrogens (primary N) is 1. The van der Waals surface area contributed by atoms with Crippen molar-refractivity contribution >= 4 is 23.2 Å². The van der Waals surface area contributed by atoms with Gasteiger partial charge in [-0.05, 0) is 18.2 Å². The molecule has 0 spiro atoms. The van der Waals surface area contributed by atoms with Crippen LogP contribution in [0.2, 0.25) is 0 Å². The third kappa shape index (κ3) is 4.27.